The molecule has 1 fully saturated rings. The van der Waals surface area contributed by atoms with E-state index in [4.69, 9.17) is 4.42 Å². The Hall–Kier alpha value is -3.03. The Morgan fingerprint density at radius 3 is 2.43 bits per heavy atom. The Labute approximate surface area is 176 Å². The summed E-state index contributed by atoms with van der Waals surface area (Å²) in [7, 11) is 0. The molecule has 1 atom stereocenters. The van der Waals surface area contributed by atoms with Gasteiger partial charge in [-0.05, 0) is 38.1 Å². The highest BCUT2D eigenvalue weighted by Gasteiger charge is 2.26. The highest BCUT2D eigenvalue weighted by Crippen LogP contribution is 2.24. The summed E-state index contributed by atoms with van der Waals surface area (Å²) < 4.78 is 5.91. The van der Waals surface area contributed by atoms with Crippen LogP contribution in [0.15, 0.2) is 59.0 Å². The van der Waals surface area contributed by atoms with Gasteiger partial charge in [-0.1, -0.05) is 35.9 Å². The number of aromatic nitrogens is 2. The van der Waals surface area contributed by atoms with E-state index in [0.29, 0.717) is 18.3 Å². The number of nitrogens with one attached hydrogen (secondary N) is 1. The number of aryl methyl sites for hydroxylation is 1. The van der Waals surface area contributed by atoms with E-state index in [-0.39, 0.29) is 11.9 Å². The van der Waals surface area contributed by atoms with Crippen LogP contribution in [0.4, 0.5) is 5.69 Å². The van der Waals surface area contributed by atoms with E-state index in [1.165, 1.54) is 5.56 Å². The summed E-state index contributed by atoms with van der Waals surface area (Å²) in [5.74, 6) is 1.19. The maximum Gasteiger partial charge on any atom is 0.247 e. The fraction of sp³-hybridized carbons (Fsp3) is 0.348. The van der Waals surface area contributed by atoms with E-state index < -0.39 is 0 Å². The van der Waals surface area contributed by atoms with Crippen molar-refractivity contribution in [3.63, 3.8) is 0 Å². The van der Waals surface area contributed by atoms with Crippen LogP contribution in [0.3, 0.4) is 0 Å². The molecule has 1 aromatic heterocycles. The molecule has 1 amide bonds. The molecule has 4 rings (SSSR count). The number of anilines is 1. The van der Waals surface area contributed by atoms with Gasteiger partial charge in [-0.15, -0.1) is 10.2 Å². The second kappa shape index (κ2) is 9.19. The Kier molecular flexibility index (Phi) is 6.21. The molecule has 7 heteroatoms. The lowest BCUT2D eigenvalue weighted by atomic mass is 10.2. The molecule has 30 heavy (non-hydrogen) atoms. The molecule has 1 aliphatic rings. The van der Waals surface area contributed by atoms with Gasteiger partial charge in [-0.3, -0.25) is 14.6 Å². The first-order valence-corrected chi connectivity index (χ1v) is 10.3. The Morgan fingerprint density at radius 1 is 1.03 bits per heavy atom. The molecule has 0 radical (unpaired) electrons. The van der Waals surface area contributed by atoms with Gasteiger partial charge in [0.05, 0.1) is 12.6 Å². The number of amides is 1. The third-order valence-corrected chi connectivity index (χ3v) is 5.48. The van der Waals surface area contributed by atoms with Crippen LogP contribution in [-0.4, -0.2) is 58.6 Å². The summed E-state index contributed by atoms with van der Waals surface area (Å²) in [5.41, 5.74) is 2.94. The molecule has 0 bridgehead atoms. The molecule has 3 aromatic rings. The van der Waals surface area contributed by atoms with Gasteiger partial charge in [0, 0.05) is 37.4 Å². The summed E-state index contributed by atoms with van der Waals surface area (Å²) >= 11 is 0. The average molecular weight is 406 g/mol. The molecule has 1 N–H and O–H groups in total. The number of carbonyl (C=O) groups excluding carboxylic acids is 1. The van der Waals surface area contributed by atoms with Crippen molar-refractivity contribution in [2.75, 3.05) is 38.0 Å². The van der Waals surface area contributed by atoms with Crippen molar-refractivity contribution in [1.29, 1.82) is 0 Å². The average Bonchev–Trinajstić information content (AvgIpc) is 3.26. The third-order valence-electron chi connectivity index (χ3n) is 5.48. The van der Waals surface area contributed by atoms with Crippen molar-refractivity contribution >= 4 is 11.6 Å². The summed E-state index contributed by atoms with van der Waals surface area (Å²) in [5, 5.41) is 11.4. The molecule has 2 aromatic carbocycles. The monoisotopic (exact) mass is 405 g/mol. The Bertz CT molecular complexity index is 963. The summed E-state index contributed by atoms with van der Waals surface area (Å²) in [4.78, 5) is 16.8. The fourth-order valence-electron chi connectivity index (χ4n) is 3.61. The van der Waals surface area contributed by atoms with Gasteiger partial charge in [0.2, 0.25) is 17.7 Å². The molecule has 156 valence electrons. The minimum Gasteiger partial charge on any atom is -0.419 e. The van der Waals surface area contributed by atoms with Crippen molar-refractivity contribution in [3.05, 3.63) is 66.1 Å². The SMILES string of the molecule is Cc1ccc(NC(=O)CN2CCN([C@H](C)c3nnc(-c4ccccc4)o3)CC2)cc1. The zero-order valence-corrected chi connectivity index (χ0v) is 17.4. The van der Waals surface area contributed by atoms with Gasteiger partial charge in [-0.25, -0.2) is 0 Å². The number of benzene rings is 2. The molecule has 0 unspecified atom stereocenters. The molecule has 0 aliphatic carbocycles. The molecular formula is C23H27N5O2. The van der Waals surface area contributed by atoms with Crippen LogP contribution in [-0.2, 0) is 4.79 Å². The largest absolute Gasteiger partial charge is 0.419 e. The predicted octanol–water partition coefficient (Wildman–Crippen LogP) is 3.36. The van der Waals surface area contributed by atoms with E-state index >= 15 is 0 Å². The first-order chi connectivity index (χ1) is 14.6. The number of piperazine rings is 1. The number of hydrogen-bond donors (Lipinski definition) is 1. The van der Waals surface area contributed by atoms with Crippen LogP contribution in [0.25, 0.3) is 11.5 Å². The summed E-state index contributed by atoms with van der Waals surface area (Å²) in [6.07, 6.45) is 0. The number of nitrogens with zero attached hydrogens (tertiary/aromatic N) is 4. The maximum atomic E-state index is 12.3. The van der Waals surface area contributed by atoms with Crippen molar-refractivity contribution in [2.24, 2.45) is 0 Å². The van der Waals surface area contributed by atoms with Crippen LogP contribution in [0.1, 0.15) is 24.4 Å². The molecule has 1 saturated heterocycles. The lowest BCUT2D eigenvalue weighted by molar-refractivity contribution is -0.117. The standard InChI is InChI=1S/C23H27N5O2/c1-17-8-10-20(11-9-17)24-21(29)16-27-12-14-28(15-13-27)18(2)22-25-26-23(30-22)19-6-4-3-5-7-19/h3-11,18H,12-16H2,1-2H3,(H,24,29)/t18-/m1/s1. The maximum absolute atomic E-state index is 12.3. The zero-order chi connectivity index (χ0) is 20.9. The van der Waals surface area contributed by atoms with E-state index in [1.807, 2.05) is 61.5 Å². The minimum absolute atomic E-state index is 0.0183. The normalized spacial score (nSPS) is 16.3. The van der Waals surface area contributed by atoms with Crippen molar-refractivity contribution in [1.82, 2.24) is 20.0 Å². The first kappa shape index (κ1) is 20.3. The lowest BCUT2D eigenvalue weighted by Gasteiger charge is -2.36. The van der Waals surface area contributed by atoms with Gasteiger partial charge in [0.15, 0.2) is 0 Å². The van der Waals surface area contributed by atoms with Gasteiger partial charge in [0.25, 0.3) is 0 Å². The van der Waals surface area contributed by atoms with Gasteiger partial charge in [-0.2, -0.15) is 0 Å². The van der Waals surface area contributed by atoms with Crippen molar-refractivity contribution < 1.29 is 9.21 Å². The number of hydrogen-bond acceptors (Lipinski definition) is 6. The van der Waals surface area contributed by atoms with Gasteiger partial charge >= 0.3 is 0 Å². The van der Waals surface area contributed by atoms with E-state index in [1.54, 1.807) is 0 Å². The van der Waals surface area contributed by atoms with Crippen LogP contribution in [0, 0.1) is 6.92 Å². The fourth-order valence-corrected chi connectivity index (χ4v) is 3.61. The third kappa shape index (κ3) is 4.93. The minimum atomic E-state index is 0.0183. The van der Waals surface area contributed by atoms with E-state index in [2.05, 4.69) is 32.2 Å². The first-order valence-electron chi connectivity index (χ1n) is 10.3. The summed E-state index contributed by atoms with van der Waals surface area (Å²) in [6, 6.07) is 17.7. The molecule has 0 saturated carbocycles. The van der Waals surface area contributed by atoms with E-state index in [9.17, 15) is 4.79 Å². The second-order valence-corrected chi connectivity index (χ2v) is 7.71. The number of rotatable bonds is 6. The lowest BCUT2D eigenvalue weighted by Crippen LogP contribution is -2.49. The van der Waals surface area contributed by atoms with Crippen LogP contribution < -0.4 is 5.32 Å². The molecular weight excluding hydrogens is 378 g/mol. The van der Waals surface area contributed by atoms with Crippen LogP contribution in [0.2, 0.25) is 0 Å². The molecule has 7 nitrogen and oxygen atoms in total. The highest BCUT2D eigenvalue weighted by atomic mass is 16.4. The number of carbonyl (C=O) groups is 1. The second-order valence-electron chi connectivity index (χ2n) is 7.71. The molecule has 1 aliphatic heterocycles. The van der Waals surface area contributed by atoms with Gasteiger partial charge in [0.1, 0.15) is 0 Å². The van der Waals surface area contributed by atoms with Gasteiger partial charge < -0.3 is 9.73 Å². The topological polar surface area (TPSA) is 74.5 Å². The highest BCUT2D eigenvalue weighted by molar-refractivity contribution is 5.92. The summed E-state index contributed by atoms with van der Waals surface area (Å²) in [6.45, 7) is 7.86. The Morgan fingerprint density at radius 2 is 1.73 bits per heavy atom. The predicted molar refractivity (Wildman–Crippen MR) is 116 cm³/mol. The Balaban J connectivity index is 1.27. The van der Waals surface area contributed by atoms with Crippen LogP contribution >= 0.6 is 0 Å². The van der Waals surface area contributed by atoms with Crippen molar-refractivity contribution in [3.8, 4) is 11.5 Å². The molecule has 0 spiro atoms. The molecule has 2 heterocycles. The quantitative estimate of drug-likeness (QED) is 0.678. The van der Waals surface area contributed by atoms with Crippen LogP contribution in [0.5, 0.6) is 0 Å². The smallest absolute Gasteiger partial charge is 0.247 e. The zero-order valence-electron chi connectivity index (χ0n) is 17.4. The van der Waals surface area contributed by atoms with Crippen molar-refractivity contribution in [2.45, 2.75) is 19.9 Å². The van der Waals surface area contributed by atoms with E-state index in [0.717, 1.165) is 37.4 Å².